The van der Waals surface area contributed by atoms with Gasteiger partial charge in [0.15, 0.2) is 0 Å². The molecule has 0 unspecified atom stereocenters. The van der Waals surface area contributed by atoms with Crippen LogP contribution in [0.1, 0.15) is 47.6 Å². The molecule has 0 bridgehead atoms. The molecule has 0 spiro atoms. The van der Waals surface area contributed by atoms with Gasteiger partial charge in [0.2, 0.25) is 0 Å². The van der Waals surface area contributed by atoms with E-state index in [1.54, 1.807) is 0 Å². The maximum atomic E-state index is 9.30. The molecule has 4 aromatic rings. The molecule has 7 nitrogen and oxygen atoms in total. The lowest BCUT2D eigenvalue weighted by Gasteiger charge is -2.12. The Morgan fingerprint density at radius 2 is 2.00 bits per heavy atom. The minimum Gasteiger partial charge on any atom is -0.396 e. The van der Waals surface area contributed by atoms with E-state index in [-0.39, 0.29) is 6.61 Å². The lowest BCUT2D eigenvalue weighted by molar-refractivity contribution is 0.297. The molecule has 190 valence electrons. The fraction of sp³-hybridized carbons (Fsp3) is 0.226. The number of hydrogen-bond donors (Lipinski definition) is 2. The van der Waals surface area contributed by atoms with Gasteiger partial charge in [-0.15, -0.1) is 0 Å². The van der Waals surface area contributed by atoms with E-state index in [4.69, 9.17) is 9.97 Å². The van der Waals surface area contributed by atoms with E-state index in [1.165, 1.54) is 5.57 Å². The van der Waals surface area contributed by atoms with Gasteiger partial charge in [0.1, 0.15) is 5.82 Å². The fourth-order valence-corrected chi connectivity index (χ4v) is 5.09. The number of H-pyrrole nitrogens is 1. The van der Waals surface area contributed by atoms with Gasteiger partial charge in [0, 0.05) is 54.4 Å². The van der Waals surface area contributed by atoms with Crippen LogP contribution in [0.15, 0.2) is 72.7 Å². The second-order valence-corrected chi connectivity index (χ2v) is 9.70. The van der Waals surface area contributed by atoms with Crippen molar-refractivity contribution in [1.82, 2.24) is 29.7 Å². The van der Waals surface area contributed by atoms with Crippen molar-refractivity contribution in [1.29, 1.82) is 0 Å². The number of allylic oxidation sites excluding steroid dienone is 5. The van der Waals surface area contributed by atoms with E-state index in [0.717, 1.165) is 88.8 Å². The summed E-state index contributed by atoms with van der Waals surface area (Å²) in [5.41, 5.74) is 10.0. The Labute approximate surface area is 222 Å². The van der Waals surface area contributed by atoms with Crippen LogP contribution in [0.2, 0.25) is 0 Å². The minimum absolute atomic E-state index is 0.206. The summed E-state index contributed by atoms with van der Waals surface area (Å²) in [7, 11) is 0. The molecule has 5 heterocycles. The molecule has 38 heavy (non-hydrogen) atoms. The highest BCUT2D eigenvalue weighted by atomic mass is 16.3. The average molecular weight is 503 g/mol. The quantitative estimate of drug-likeness (QED) is 0.336. The van der Waals surface area contributed by atoms with E-state index in [1.807, 2.05) is 37.5 Å². The molecule has 0 saturated carbocycles. The number of nitrogens with zero attached hydrogens (tertiary/aromatic N) is 5. The van der Waals surface area contributed by atoms with Crippen LogP contribution >= 0.6 is 0 Å². The van der Waals surface area contributed by atoms with Gasteiger partial charge < -0.3 is 9.67 Å². The molecule has 7 heteroatoms. The van der Waals surface area contributed by atoms with Crippen LogP contribution in [0.5, 0.6) is 0 Å². The predicted molar refractivity (Wildman–Crippen MR) is 151 cm³/mol. The van der Waals surface area contributed by atoms with Crippen LogP contribution in [0.25, 0.3) is 40.4 Å². The van der Waals surface area contributed by atoms with Crippen LogP contribution in [0.3, 0.4) is 0 Å². The van der Waals surface area contributed by atoms with Gasteiger partial charge in [-0.05, 0) is 56.0 Å². The molecule has 1 aliphatic carbocycles. The van der Waals surface area contributed by atoms with Crippen molar-refractivity contribution >= 4 is 17.7 Å². The fourth-order valence-electron chi connectivity index (χ4n) is 5.09. The summed E-state index contributed by atoms with van der Waals surface area (Å²) < 4.78 is 2.26. The first-order valence-electron chi connectivity index (χ1n) is 13.1. The maximum Gasteiger partial charge on any atom is 0.109 e. The average Bonchev–Trinajstić information content (AvgIpc) is 3.54. The number of aliphatic hydroxyl groups is 1. The highest BCUT2D eigenvalue weighted by Gasteiger charge is 2.15. The summed E-state index contributed by atoms with van der Waals surface area (Å²) in [4.78, 5) is 14.4. The first-order valence-corrected chi connectivity index (χ1v) is 13.1. The number of rotatable bonds is 5. The van der Waals surface area contributed by atoms with Gasteiger partial charge in [-0.3, -0.25) is 15.1 Å². The van der Waals surface area contributed by atoms with Crippen molar-refractivity contribution in [2.24, 2.45) is 0 Å². The van der Waals surface area contributed by atoms with Gasteiger partial charge in [0.25, 0.3) is 0 Å². The Bertz CT molecular complexity index is 1600. The molecule has 0 saturated heterocycles. The Morgan fingerprint density at radius 1 is 1.05 bits per heavy atom. The Kier molecular flexibility index (Phi) is 6.67. The first kappa shape index (κ1) is 24.0. The van der Waals surface area contributed by atoms with Crippen molar-refractivity contribution in [3.63, 3.8) is 0 Å². The van der Waals surface area contributed by atoms with Crippen LogP contribution in [-0.2, 0) is 13.0 Å². The van der Waals surface area contributed by atoms with Gasteiger partial charge in [-0.2, -0.15) is 5.10 Å². The van der Waals surface area contributed by atoms with Crippen molar-refractivity contribution in [2.45, 2.75) is 39.2 Å². The third-order valence-corrected chi connectivity index (χ3v) is 7.08. The molecule has 2 N–H and O–H groups in total. The topological polar surface area (TPSA) is 92.5 Å². The van der Waals surface area contributed by atoms with Crippen molar-refractivity contribution in [3.05, 3.63) is 101 Å². The molecule has 2 aliphatic rings. The number of nitrogens with one attached hydrogen (secondary N) is 1. The molecule has 4 aromatic heterocycles. The van der Waals surface area contributed by atoms with E-state index in [2.05, 4.69) is 68.5 Å². The predicted octanol–water partition coefficient (Wildman–Crippen LogP) is 5.81. The molecule has 0 fully saturated rings. The van der Waals surface area contributed by atoms with E-state index in [0.29, 0.717) is 0 Å². The Morgan fingerprint density at radius 3 is 2.89 bits per heavy atom. The number of fused-ring (bicyclic) bond motifs is 2. The van der Waals surface area contributed by atoms with Crippen LogP contribution in [-0.4, -0.2) is 41.4 Å². The third-order valence-electron chi connectivity index (χ3n) is 7.08. The van der Waals surface area contributed by atoms with Gasteiger partial charge in [0.05, 0.1) is 29.0 Å². The third kappa shape index (κ3) is 4.93. The number of aliphatic hydroxyl groups excluding tert-OH is 1. The summed E-state index contributed by atoms with van der Waals surface area (Å²) in [6.45, 7) is 3.10. The number of aryl methyl sites for hydroxylation is 3. The number of aromatic nitrogens is 6. The second-order valence-electron chi connectivity index (χ2n) is 9.70. The standard InChI is InChI=1S/C31H30N6O/c1-21-5-2-9-28(34-21)31-26(19-33-36-31)23-7-3-8-24-17-25(18-32-27(24)12-11-23)29-20-37-15-4-6-22(14-16-38)10-13-30(37)35-29/h2-3,5-9,11-12,17-20,38H,4,10,13-16H2,1H3,(H,33,36)/b7-3?,8-3+,12-11?,22-6-,23-7?,23-11?,24-8?,27-12?. The molecular weight excluding hydrogens is 472 g/mol. The minimum atomic E-state index is 0.206. The van der Waals surface area contributed by atoms with Crippen LogP contribution in [0, 0.1) is 6.92 Å². The SMILES string of the molecule is Cc1cccc(-c2[nH]ncc2C2=C/C=C/c3cc(-c4cn5c(n4)CC/C(CCO)=C/CC5)cnc3C=C2)n1. The normalized spacial score (nSPS) is 17.2. The summed E-state index contributed by atoms with van der Waals surface area (Å²) in [6, 6.07) is 8.15. The van der Waals surface area contributed by atoms with E-state index < -0.39 is 0 Å². The Hall–Kier alpha value is -4.36. The highest BCUT2D eigenvalue weighted by Crippen LogP contribution is 2.30. The molecule has 0 amide bonds. The van der Waals surface area contributed by atoms with Gasteiger partial charge >= 0.3 is 0 Å². The maximum absolute atomic E-state index is 9.30. The number of imidazole rings is 1. The molecule has 0 aromatic carbocycles. The van der Waals surface area contributed by atoms with E-state index in [9.17, 15) is 5.11 Å². The highest BCUT2D eigenvalue weighted by molar-refractivity contribution is 5.88. The number of pyridine rings is 2. The molecular formula is C31H30N6O. The smallest absolute Gasteiger partial charge is 0.109 e. The van der Waals surface area contributed by atoms with Crippen LogP contribution in [0.4, 0.5) is 0 Å². The van der Waals surface area contributed by atoms with Gasteiger partial charge in [-0.1, -0.05) is 42.0 Å². The summed E-state index contributed by atoms with van der Waals surface area (Å²) in [5.74, 6) is 1.09. The number of hydrogen-bond acceptors (Lipinski definition) is 5. The van der Waals surface area contributed by atoms with Gasteiger partial charge in [-0.25, -0.2) is 4.98 Å². The summed E-state index contributed by atoms with van der Waals surface area (Å²) >= 11 is 0. The molecule has 1 aliphatic heterocycles. The second kappa shape index (κ2) is 10.6. The number of aromatic amines is 1. The molecule has 0 atom stereocenters. The summed E-state index contributed by atoms with van der Waals surface area (Å²) in [6.07, 6.45) is 22.1. The lowest BCUT2D eigenvalue weighted by atomic mass is 10.00. The lowest BCUT2D eigenvalue weighted by Crippen LogP contribution is -2.07. The molecule has 6 rings (SSSR count). The van der Waals surface area contributed by atoms with E-state index >= 15 is 0 Å². The zero-order valence-electron chi connectivity index (χ0n) is 21.4. The Balaban J connectivity index is 1.26. The largest absolute Gasteiger partial charge is 0.396 e. The van der Waals surface area contributed by atoms with Crippen molar-refractivity contribution in [2.75, 3.05) is 6.61 Å². The zero-order chi connectivity index (χ0) is 25.9. The summed E-state index contributed by atoms with van der Waals surface area (Å²) in [5, 5.41) is 16.7. The monoisotopic (exact) mass is 502 g/mol. The molecule has 0 radical (unpaired) electrons. The van der Waals surface area contributed by atoms with Crippen LogP contribution < -0.4 is 0 Å². The zero-order valence-corrected chi connectivity index (χ0v) is 21.4. The first-order chi connectivity index (χ1) is 18.7. The van der Waals surface area contributed by atoms with Crippen molar-refractivity contribution < 1.29 is 5.11 Å². The van der Waals surface area contributed by atoms with Crippen molar-refractivity contribution in [3.8, 4) is 22.6 Å².